The Hall–Kier alpha value is -1.02. The van der Waals surface area contributed by atoms with Gasteiger partial charge in [-0.25, -0.2) is 0 Å². The second-order valence-electron chi connectivity index (χ2n) is 5.96. The summed E-state index contributed by atoms with van der Waals surface area (Å²) in [5, 5.41) is 3.48. The number of benzene rings is 1. The summed E-state index contributed by atoms with van der Waals surface area (Å²) in [7, 11) is 0. The molecular formula is C17H28N2. The first kappa shape index (κ1) is 14.4. The number of nitrogens with one attached hydrogen (secondary N) is 1. The first-order chi connectivity index (χ1) is 9.20. The molecule has 0 unspecified atom stereocenters. The molecule has 1 aliphatic heterocycles. The molecule has 1 fully saturated rings. The largest absolute Gasteiger partial charge is 0.372 e. The van der Waals surface area contributed by atoms with Crippen LogP contribution in [0, 0.1) is 12.8 Å². The van der Waals surface area contributed by atoms with E-state index in [1.165, 1.54) is 49.2 Å². The van der Waals surface area contributed by atoms with Gasteiger partial charge in [-0.05, 0) is 61.9 Å². The molecule has 1 saturated heterocycles. The summed E-state index contributed by atoms with van der Waals surface area (Å²) in [5.41, 5.74) is 4.26. The van der Waals surface area contributed by atoms with Crippen molar-refractivity contribution in [2.75, 3.05) is 24.5 Å². The van der Waals surface area contributed by atoms with Crippen molar-refractivity contribution in [1.29, 1.82) is 0 Å². The van der Waals surface area contributed by atoms with Crippen molar-refractivity contribution >= 4 is 5.69 Å². The molecule has 106 valence electrons. The maximum atomic E-state index is 3.48. The zero-order valence-electron chi connectivity index (χ0n) is 12.7. The maximum Gasteiger partial charge on any atom is 0.0369 e. The Balaban J connectivity index is 1.98. The Bertz CT molecular complexity index is 392. The van der Waals surface area contributed by atoms with Gasteiger partial charge < -0.3 is 10.2 Å². The molecule has 2 heteroatoms. The van der Waals surface area contributed by atoms with Crippen LogP contribution in [0.3, 0.4) is 0 Å². The monoisotopic (exact) mass is 260 g/mol. The second-order valence-corrected chi connectivity index (χ2v) is 5.96. The van der Waals surface area contributed by atoms with Gasteiger partial charge in [-0.1, -0.05) is 19.9 Å². The van der Waals surface area contributed by atoms with Gasteiger partial charge in [-0.2, -0.15) is 0 Å². The zero-order valence-corrected chi connectivity index (χ0v) is 12.7. The van der Waals surface area contributed by atoms with Crippen molar-refractivity contribution in [1.82, 2.24) is 5.32 Å². The van der Waals surface area contributed by atoms with E-state index in [1.807, 2.05) is 0 Å². The number of hydrogen-bond donors (Lipinski definition) is 1. The van der Waals surface area contributed by atoms with Crippen LogP contribution in [-0.2, 0) is 6.54 Å². The summed E-state index contributed by atoms with van der Waals surface area (Å²) < 4.78 is 0. The first-order valence-electron chi connectivity index (χ1n) is 7.76. The molecule has 2 nitrogen and oxygen atoms in total. The van der Waals surface area contributed by atoms with Crippen LogP contribution >= 0.6 is 0 Å². The molecule has 2 rings (SSSR count). The van der Waals surface area contributed by atoms with Gasteiger partial charge in [-0.3, -0.25) is 0 Å². The van der Waals surface area contributed by atoms with E-state index in [1.54, 1.807) is 0 Å². The van der Waals surface area contributed by atoms with Crippen LogP contribution in [0.25, 0.3) is 0 Å². The number of nitrogens with zero attached hydrogens (tertiary/aromatic N) is 1. The highest BCUT2D eigenvalue weighted by atomic mass is 15.1. The minimum Gasteiger partial charge on any atom is -0.372 e. The van der Waals surface area contributed by atoms with Gasteiger partial charge in [0.15, 0.2) is 0 Å². The third kappa shape index (κ3) is 3.97. The molecule has 1 N–H and O–H groups in total. The van der Waals surface area contributed by atoms with Gasteiger partial charge >= 0.3 is 0 Å². The minimum atomic E-state index is 0.898. The van der Waals surface area contributed by atoms with Gasteiger partial charge in [-0.15, -0.1) is 0 Å². The SMILES string of the molecule is CCCNCc1ccc(N2CCC(C)CC2)cc1C. The van der Waals surface area contributed by atoms with Crippen molar-refractivity contribution in [3.05, 3.63) is 29.3 Å². The van der Waals surface area contributed by atoms with E-state index in [9.17, 15) is 0 Å². The highest BCUT2D eigenvalue weighted by Gasteiger charge is 2.16. The normalized spacial score (nSPS) is 16.9. The summed E-state index contributed by atoms with van der Waals surface area (Å²) in [4.78, 5) is 2.54. The molecule has 0 saturated carbocycles. The maximum absolute atomic E-state index is 3.48. The van der Waals surface area contributed by atoms with Crippen molar-refractivity contribution in [3.63, 3.8) is 0 Å². The summed E-state index contributed by atoms with van der Waals surface area (Å²) in [6, 6.07) is 6.95. The number of piperidine rings is 1. The molecule has 0 amide bonds. The smallest absolute Gasteiger partial charge is 0.0369 e. The van der Waals surface area contributed by atoms with Crippen LogP contribution in [-0.4, -0.2) is 19.6 Å². The van der Waals surface area contributed by atoms with Gasteiger partial charge in [0.1, 0.15) is 0 Å². The Morgan fingerprint density at radius 1 is 1.26 bits per heavy atom. The van der Waals surface area contributed by atoms with Gasteiger partial charge in [0.25, 0.3) is 0 Å². The first-order valence-corrected chi connectivity index (χ1v) is 7.76. The Labute approximate surface area is 118 Å². The molecule has 0 bridgehead atoms. The number of hydrogen-bond acceptors (Lipinski definition) is 2. The summed E-state index contributed by atoms with van der Waals surface area (Å²) in [6.07, 6.45) is 3.86. The highest BCUT2D eigenvalue weighted by Crippen LogP contribution is 2.24. The molecule has 1 aromatic carbocycles. The lowest BCUT2D eigenvalue weighted by molar-refractivity contribution is 0.438. The van der Waals surface area contributed by atoms with Crippen LogP contribution in [0.5, 0.6) is 0 Å². The van der Waals surface area contributed by atoms with Crippen LogP contribution in [0.1, 0.15) is 44.2 Å². The molecule has 0 radical (unpaired) electrons. The standard InChI is InChI=1S/C17H28N2/c1-4-9-18-13-16-5-6-17(12-15(16)3)19-10-7-14(2)8-11-19/h5-6,12,14,18H,4,7-11,13H2,1-3H3. The van der Waals surface area contributed by atoms with Crippen LogP contribution in [0.15, 0.2) is 18.2 Å². The topological polar surface area (TPSA) is 15.3 Å². The summed E-state index contributed by atoms with van der Waals surface area (Å²) in [5.74, 6) is 0.898. The molecule has 0 aromatic heterocycles. The molecule has 1 aliphatic rings. The van der Waals surface area contributed by atoms with Gasteiger partial charge in [0.05, 0.1) is 0 Å². The summed E-state index contributed by atoms with van der Waals surface area (Å²) >= 11 is 0. The van der Waals surface area contributed by atoms with E-state index in [0.717, 1.165) is 19.0 Å². The molecule has 19 heavy (non-hydrogen) atoms. The molecule has 0 spiro atoms. The van der Waals surface area contributed by atoms with Crippen molar-refractivity contribution in [2.45, 2.75) is 46.6 Å². The lowest BCUT2D eigenvalue weighted by Crippen LogP contribution is -2.32. The van der Waals surface area contributed by atoms with E-state index < -0.39 is 0 Å². The van der Waals surface area contributed by atoms with Gasteiger partial charge in [0.2, 0.25) is 0 Å². The molecule has 1 aromatic rings. The van der Waals surface area contributed by atoms with Gasteiger partial charge in [0, 0.05) is 25.3 Å². The van der Waals surface area contributed by atoms with Crippen LogP contribution in [0.2, 0.25) is 0 Å². The Morgan fingerprint density at radius 2 is 2.00 bits per heavy atom. The predicted octanol–water partition coefficient (Wildman–Crippen LogP) is 3.73. The highest BCUT2D eigenvalue weighted by molar-refractivity contribution is 5.51. The molecule has 0 aliphatic carbocycles. The van der Waals surface area contributed by atoms with Crippen molar-refractivity contribution < 1.29 is 0 Å². The number of rotatable bonds is 5. The zero-order chi connectivity index (χ0) is 13.7. The lowest BCUT2D eigenvalue weighted by atomic mass is 9.98. The fourth-order valence-corrected chi connectivity index (χ4v) is 2.74. The lowest BCUT2D eigenvalue weighted by Gasteiger charge is -2.32. The quantitative estimate of drug-likeness (QED) is 0.812. The predicted molar refractivity (Wildman–Crippen MR) is 83.8 cm³/mol. The van der Waals surface area contributed by atoms with E-state index in [0.29, 0.717) is 0 Å². The second kappa shape index (κ2) is 6.95. The average Bonchev–Trinajstić information content (AvgIpc) is 2.42. The Morgan fingerprint density at radius 3 is 2.63 bits per heavy atom. The third-order valence-corrected chi connectivity index (χ3v) is 4.22. The molecule has 1 heterocycles. The minimum absolute atomic E-state index is 0.898. The molecule has 0 atom stereocenters. The van der Waals surface area contributed by atoms with E-state index in [-0.39, 0.29) is 0 Å². The average molecular weight is 260 g/mol. The Kier molecular flexibility index (Phi) is 5.26. The number of anilines is 1. The fraction of sp³-hybridized carbons (Fsp3) is 0.647. The molecular weight excluding hydrogens is 232 g/mol. The third-order valence-electron chi connectivity index (χ3n) is 4.22. The fourth-order valence-electron chi connectivity index (χ4n) is 2.74. The van der Waals surface area contributed by atoms with Crippen molar-refractivity contribution in [3.8, 4) is 0 Å². The van der Waals surface area contributed by atoms with E-state index >= 15 is 0 Å². The summed E-state index contributed by atoms with van der Waals surface area (Å²) in [6.45, 7) is 11.3. The van der Waals surface area contributed by atoms with E-state index in [2.05, 4.69) is 49.2 Å². The van der Waals surface area contributed by atoms with Crippen LogP contribution < -0.4 is 10.2 Å². The van der Waals surface area contributed by atoms with Crippen LogP contribution in [0.4, 0.5) is 5.69 Å². The number of aryl methyl sites for hydroxylation is 1. The van der Waals surface area contributed by atoms with Crippen molar-refractivity contribution in [2.24, 2.45) is 5.92 Å². The van der Waals surface area contributed by atoms with E-state index in [4.69, 9.17) is 0 Å².